The highest BCUT2D eigenvalue weighted by Crippen LogP contribution is 2.08. The van der Waals surface area contributed by atoms with Crippen molar-refractivity contribution in [3.63, 3.8) is 0 Å². The van der Waals surface area contributed by atoms with Crippen molar-refractivity contribution in [2.24, 2.45) is 0 Å². The molecule has 116 valence electrons. The van der Waals surface area contributed by atoms with Gasteiger partial charge in [0.05, 0.1) is 6.61 Å². The molecule has 0 rings (SSSR count). The van der Waals surface area contributed by atoms with Crippen LogP contribution in [0.5, 0.6) is 0 Å². The smallest absolute Gasteiger partial charge is 0.0593 e. The number of hydrogen-bond acceptors (Lipinski definition) is 2. The van der Waals surface area contributed by atoms with Crippen LogP contribution in [0.15, 0.2) is 0 Å². The van der Waals surface area contributed by atoms with E-state index < -0.39 is 0 Å². The zero-order chi connectivity index (χ0) is 14.2. The summed E-state index contributed by atoms with van der Waals surface area (Å²) in [7, 11) is 2.21. The molecule has 0 aromatic carbocycles. The number of ether oxygens (including phenoxy) is 1. The summed E-state index contributed by atoms with van der Waals surface area (Å²) in [6, 6.07) is 0. The summed E-state index contributed by atoms with van der Waals surface area (Å²) >= 11 is 0. The number of hydrogen-bond donors (Lipinski definition) is 0. The lowest BCUT2D eigenvalue weighted by atomic mass is 10.1. The molecule has 0 saturated carbocycles. The molecule has 0 heterocycles. The molecule has 0 N–H and O–H groups in total. The maximum Gasteiger partial charge on any atom is 0.0593 e. The zero-order valence-corrected chi connectivity index (χ0v) is 13.8. The molecule has 0 unspecified atom stereocenters. The molecule has 0 amide bonds. The summed E-state index contributed by atoms with van der Waals surface area (Å²) in [5.41, 5.74) is 0. The highest BCUT2D eigenvalue weighted by molar-refractivity contribution is 4.52. The Morgan fingerprint density at radius 1 is 0.632 bits per heavy atom. The lowest BCUT2D eigenvalue weighted by Gasteiger charge is -2.16. The molecule has 0 aliphatic carbocycles. The highest BCUT2D eigenvalue weighted by atomic mass is 16.5. The molecule has 0 aromatic rings. The van der Waals surface area contributed by atoms with Gasteiger partial charge in [-0.1, -0.05) is 65.2 Å². The number of nitrogens with zero attached hydrogens (tertiary/aromatic N) is 1. The van der Waals surface area contributed by atoms with Crippen LogP contribution in [-0.2, 0) is 4.74 Å². The van der Waals surface area contributed by atoms with Gasteiger partial charge in [-0.25, -0.2) is 0 Å². The normalized spacial score (nSPS) is 11.4. The summed E-state index contributed by atoms with van der Waals surface area (Å²) in [5, 5.41) is 0. The zero-order valence-electron chi connectivity index (χ0n) is 13.8. The van der Waals surface area contributed by atoms with Crippen LogP contribution in [0.25, 0.3) is 0 Å². The molecule has 2 nitrogen and oxygen atoms in total. The Morgan fingerprint density at radius 3 is 1.84 bits per heavy atom. The Kier molecular flexibility index (Phi) is 15.9. The second-order valence-corrected chi connectivity index (χ2v) is 5.74. The van der Waals surface area contributed by atoms with E-state index in [-0.39, 0.29) is 0 Å². The quantitative estimate of drug-likeness (QED) is 0.394. The summed E-state index contributed by atoms with van der Waals surface area (Å²) < 4.78 is 5.59. The van der Waals surface area contributed by atoms with Crippen LogP contribution in [-0.4, -0.2) is 38.3 Å². The summed E-state index contributed by atoms with van der Waals surface area (Å²) in [4.78, 5) is 2.41. The largest absolute Gasteiger partial charge is 0.380 e. The predicted molar refractivity (Wildman–Crippen MR) is 85.8 cm³/mol. The van der Waals surface area contributed by atoms with E-state index in [1.54, 1.807) is 0 Å². The Hall–Kier alpha value is -0.0800. The molecule has 0 aliphatic heterocycles. The second-order valence-electron chi connectivity index (χ2n) is 5.74. The molecular formula is C17H37NO. The first-order chi connectivity index (χ1) is 9.31. The van der Waals surface area contributed by atoms with Crippen LogP contribution in [0.4, 0.5) is 0 Å². The van der Waals surface area contributed by atoms with E-state index in [9.17, 15) is 0 Å². The van der Waals surface area contributed by atoms with Crippen molar-refractivity contribution in [3.8, 4) is 0 Å². The Labute approximate surface area is 121 Å². The summed E-state index contributed by atoms with van der Waals surface area (Å²) in [6.07, 6.45) is 13.7. The molecule has 0 saturated heterocycles. The van der Waals surface area contributed by atoms with E-state index in [4.69, 9.17) is 4.74 Å². The molecule has 0 bridgehead atoms. The monoisotopic (exact) mass is 271 g/mol. The van der Waals surface area contributed by atoms with Crippen LogP contribution in [0, 0.1) is 0 Å². The first-order valence-corrected chi connectivity index (χ1v) is 8.57. The van der Waals surface area contributed by atoms with Gasteiger partial charge in [-0.15, -0.1) is 0 Å². The fraction of sp³-hybridized carbons (Fsp3) is 1.00. The van der Waals surface area contributed by atoms with Crippen molar-refractivity contribution in [1.82, 2.24) is 4.90 Å². The maximum absolute atomic E-state index is 5.59. The van der Waals surface area contributed by atoms with E-state index in [0.717, 1.165) is 19.8 Å². The topological polar surface area (TPSA) is 12.5 Å². The molecule has 19 heavy (non-hydrogen) atoms. The molecule has 0 atom stereocenters. The van der Waals surface area contributed by atoms with Gasteiger partial charge >= 0.3 is 0 Å². The van der Waals surface area contributed by atoms with Crippen molar-refractivity contribution < 1.29 is 4.74 Å². The van der Waals surface area contributed by atoms with E-state index >= 15 is 0 Å². The Bertz CT molecular complexity index is 161. The van der Waals surface area contributed by atoms with E-state index in [2.05, 4.69) is 25.8 Å². The SMILES string of the molecule is CCCCCCCCCCN(C)CCOCCCC. The minimum atomic E-state index is 0.896. The number of rotatable bonds is 15. The third-order valence-corrected chi connectivity index (χ3v) is 3.65. The second kappa shape index (κ2) is 16.0. The van der Waals surface area contributed by atoms with Gasteiger partial charge in [-0.05, 0) is 26.4 Å². The minimum absolute atomic E-state index is 0.896. The Balaban J connectivity index is 3.09. The molecule has 0 fully saturated rings. The van der Waals surface area contributed by atoms with E-state index in [1.165, 1.54) is 70.8 Å². The van der Waals surface area contributed by atoms with Gasteiger partial charge in [-0.2, -0.15) is 0 Å². The minimum Gasteiger partial charge on any atom is -0.380 e. The van der Waals surface area contributed by atoms with Gasteiger partial charge in [0.25, 0.3) is 0 Å². The third-order valence-electron chi connectivity index (χ3n) is 3.65. The van der Waals surface area contributed by atoms with Crippen molar-refractivity contribution in [3.05, 3.63) is 0 Å². The lowest BCUT2D eigenvalue weighted by molar-refractivity contribution is 0.109. The van der Waals surface area contributed by atoms with Crippen LogP contribution in [0.1, 0.15) is 78.1 Å². The molecule has 0 aliphatic rings. The molecule has 0 spiro atoms. The fourth-order valence-electron chi connectivity index (χ4n) is 2.20. The predicted octanol–water partition coefficient (Wildman–Crippen LogP) is 4.88. The van der Waals surface area contributed by atoms with Gasteiger partial charge in [0.2, 0.25) is 0 Å². The molecule has 0 radical (unpaired) electrons. The van der Waals surface area contributed by atoms with E-state index in [1.807, 2.05) is 0 Å². The first kappa shape index (κ1) is 18.9. The number of unbranched alkanes of at least 4 members (excludes halogenated alkanes) is 8. The third kappa shape index (κ3) is 15.9. The average molecular weight is 271 g/mol. The molecular weight excluding hydrogens is 234 g/mol. The van der Waals surface area contributed by atoms with Crippen LogP contribution in [0.2, 0.25) is 0 Å². The van der Waals surface area contributed by atoms with Gasteiger partial charge in [0.1, 0.15) is 0 Å². The van der Waals surface area contributed by atoms with Crippen molar-refractivity contribution in [2.75, 3.05) is 33.4 Å². The van der Waals surface area contributed by atoms with Crippen molar-refractivity contribution >= 4 is 0 Å². The van der Waals surface area contributed by atoms with Crippen LogP contribution >= 0.6 is 0 Å². The van der Waals surface area contributed by atoms with Crippen molar-refractivity contribution in [1.29, 1.82) is 0 Å². The maximum atomic E-state index is 5.59. The van der Waals surface area contributed by atoms with Gasteiger partial charge in [-0.3, -0.25) is 0 Å². The summed E-state index contributed by atoms with van der Waals surface area (Å²) in [5.74, 6) is 0. The Morgan fingerprint density at radius 2 is 1.21 bits per heavy atom. The standard InChI is InChI=1S/C17H37NO/c1-4-6-8-9-10-11-12-13-14-18(3)15-17-19-16-7-5-2/h4-17H2,1-3H3. The van der Waals surface area contributed by atoms with Gasteiger partial charge in [0, 0.05) is 13.2 Å². The molecule has 0 aromatic heterocycles. The van der Waals surface area contributed by atoms with E-state index in [0.29, 0.717) is 0 Å². The highest BCUT2D eigenvalue weighted by Gasteiger charge is 1.98. The fourth-order valence-corrected chi connectivity index (χ4v) is 2.20. The van der Waals surface area contributed by atoms with Gasteiger partial charge in [0.15, 0.2) is 0 Å². The van der Waals surface area contributed by atoms with Crippen LogP contribution < -0.4 is 0 Å². The lowest BCUT2D eigenvalue weighted by Crippen LogP contribution is -2.24. The molecule has 2 heteroatoms. The first-order valence-electron chi connectivity index (χ1n) is 8.57. The van der Waals surface area contributed by atoms with Crippen molar-refractivity contribution in [2.45, 2.75) is 78.1 Å². The van der Waals surface area contributed by atoms with Crippen LogP contribution in [0.3, 0.4) is 0 Å². The number of likely N-dealkylation sites (N-methyl/N-ethyl adjacent to an activating group) is 1. The van der Waals surface area contributed by atoms with Gasteiger partial charge < -0.3 is 9.64 Å². The average Bonchev–Trinajstić information content (AvgIpc) is 2.41. The summed E-state index contributed by atoms with van der Waals surface area (Å²) in [6.45, 7) is 8.63.